The Morgan fingerprint density at radius 2 is 1.13 bits per heavy atom. The summed E-state index contributed by atoms with van der Waals surface area (Å²) in [5, 5.41) is 9.57. The number of aliphatic hydroxyl groups is 1. The molecule has 1 rings (SSSR count). The van der Waals surface area contributed by atoms with Gasteiger partial charge in [-0.1, -0.05) is 153 Å². The van der Waals surface area contributed by atoms with Gasteiger partial charge < -0.3 is 19.3 Å². The van der Waals surface area contributed by atoms with Crippen LogP contribution in [-0.4, -0.2) is 48.6 Å². The third kappa shape index (κ3) is 28.8. The van der Waals surface area contributed by atoms with Crippen molar-refractivity contribution in [1.82, 2.24) is 0 Å². The molecule has 0 radical (unpaired) electrons. The number of carbonyl (C=O) groups excluding carboxylic acids is 2. The number of rotatable bonds is 34. The standard InChI is InChI=1S/C41H72O6/c1-3-5-7-9-11-13-15-17-18-19-21-23-25-27-29-33-41(44)46-37(35-42)36-45-40(43)34-30-32-39-38(47-39)31-28-26-24-22-20-16-14-12-10-8-6-4-2/h12,14,20,22,26,28,37-39,42H,3-11,13,15-19,21,23-25,27,29-36H2,1-2H3/b14-12-,22-20-,28-26-/t37-,38?,39?/m0/s1. The Hall–Kier alpha value is -1.92. The monoisotopic (exact) mass is 661 g/mol. The molecule has 1 aliphatic rings. The predicted octanol–water partition coefficient (Wildman–Crippen LogP) is 11.1. The van der Waals surface area contributed by atoms with Gasteiger partial charge >= 0.3 is 11.9 Å². The summed E-state index contributed by atoms with van der Waals surface area (Å²) in [5.74, 6) is -0.663. The summed E-state index contributed by atoms with van der Waals surface area (Å²) in [7, 11) is 0. The molecule has 6 heteroatoms. The molecule has 0 aromatic rings. The average molecular weight is 661 g/mol. The first-order valence-electron chi connectivity index (χ1n) is 19.7. The van der Waals surface area contributed by atoms with Gasteiger partial charge in [-0.15, -0.1) is 0 Å². The minimum Gasteiger partial charge on any atom is -0.462 e. The number of epoxide rings is 1. The van der Waals surface area contributed by atoms with Crippen LogP contribution in [-0.2, 0) is 23.8 Å². The molecule has 47 heavy (non-hydrogen) atoms. The molecule has 0 amide bonds. The van der Waals surface area contributed by atoms with Gasteiger partial charge in [0.05, 0.1) is 18.8 Å². The van der Waals surface area contributed by atoms with Crippen LogP contribution >= 0.6 is 0 Å². The van der Waals surface area contributed by atoms with E-state index < -0.39 is 6.10 Å². The molecule has 1 aliphatic heterocycles. The molecule has 2 unspecified atom stereocenters. The lowest BCUT2D eigenvalue weighted by Gasteiger charge is -2.15. The molecule has 0 bridgehead atoms. The summed E-state index contributed by atoms with van der Waals surface area (Å²) in [4.78, 5) is 24.3. The van der Waals surface area contributed by atoms with Crippen molar-refractivity contribution in [1.29, 1.82) is 0 Å². The summed E-state index contributed by atoms with van der Waals surface area (Å²) in [6, 6.07) is 0. The van der Waals surface area contributed by atoms with E-state index in [9.17, 15) is 14.7 Å². The fourth-order valence-corrected chi connectivity index (χ4v) is 5.76. The molecular formula is C41H72O6. The zero-order chi connectivity index (χ0) is 34.0. The van der Waals surface area contributed by atoms with Gasteiger partial charge in [-0.2, -0.15) is 0 Å². The second kappa shape index (κ2) is 32.6. The summed E-state index contributed by atoms with van der Waals surface area (Å²) in [6.45, 7) is 4.05. The third-order valence-corrected chi connectivity index (χ3v) is 8.86. The molecule has 0 aromatic heterocycles. The van der Waals surface area contributed by atoms with E-state index in [0.717, 1.165) is 44.9 Å². The number of aliphatic hydroxyl groups excluding tert-OH is 1. The van der Waals surface area contributed by atoms with Crippen molar-refractivity contribution in [2.24, 2.45) is 0 Å². The molecule has 6 nitrogen and oxygen atoms in total. The van der Waals surface area contributed by atoms with Crippen molar-refractivity contribution < 1.29 is 28.9 Å². The number of esters is 2. The minimum absolute atomic E-state index is 0.100. The van der Waals surface area contributed by atoms with E-state index in [1.54, 1.807) is 0 Å². The van der Waals surface area contributed by atoms with Gasteiger partial charge in [0, 0.05) is 12.8 Å². The molecular weight excluding hydrogens is 588 g/mol. The van der Waals surface area contributed by atoms with Gasteiger partial charge in [0.25, 0.3) is 0 Å². The number of hydrogen-bond acceptors (Lipinski definition) is 6. The zero-order valence-electron chi connectivity index (χ0n) is 30.5. The lowest BCUT2D eigenvalue weighted by Crippen LogP contribution is -2.28. The van der Waals surface area contributed by atoms with Crippen LogP contribution in [0.15, 0.2) is 36.5 Å². The highest BCUT2D eigenvalue weighted by molar-refractivity contribution is 5.70. The van der Waals surface area contributed by atoms with Crippen LogP contribution in [0, 0.1) is 0 Å². The smallest absolute Gasteiger partial charge is 0.306 e. The second-order valence-corrected chi connectivity index (χ2v) is 13.4. The van der Waals surface area contributed by atoms with Crippen LogP contribution in [0.1, 0.15) is 181 Å². The lowest BCUT2D eigenvalue weighted by atomic mass is 10.0. The molecule has 0 saturated carbocycles. The Labute approximate surface area is 289 Å². The number of allylic oxidation sites excluding steroid dienone is 5. The SMILES string of the molecule is CCCCC/C=C\C/C=C\C/C=C\CC1OC1CCCC(=O)OC[C@H](CO)OC(=O)CCCCCCCCCCCCCCCCC. The maximum atomic E-state index is 12.2. The Kier molecular flexibility index (Phi) is 29.9. The molecule has 1 saturated heterocycles. The molecule has 0 aliphatic carbocycles. The van der Waals surface area contributed by atoms with Crippen LogP contribution in [0.2, 0.25) is 0 Å². The molecule has 0 spiro atoms. The quantitative estimate of drug-likeness (QED) is 0.0320. The van der Waals surface area contributed by atoms with Crippen molar-refractivity contribution in [3.63, 3.8) is 0 Å². The van der Waals surface area contributed by atoms with Crippen LogP contribution in [0.4, 0.5) is 0 Å². The molecule has 1 fully saturated rings. The van der Waals surface area contributed by atoms with Crippen molar-refractivity contribution in [3.8, 4) is 0 Å². The normalized spacial score (nSPS) is 16.8. The fraction of sp³-hybridized carbons (Fsp3) is 0.805. The van der Waals surface area contributed by atoms with Crippen LogP contribution < -0.4 is 0 Å². The van der Waals surface area contributed by atoms with Gasteiger partial charge in [-0.25, -0.2) is 0 Å². The lowest BCUT2D eigenvalue weighted by molar-refractivity contribution is -0.161. The van der Waals surface area contributed by atoms with E-state index in [1.807, 2.05) is 0 Å². The molecule has 0 aromatic carbocycles. The van der Waals surface area contributed by atoms with Gasteiger partial charge in [-0.05, 0) is 51.4 Å². The Morgan fingerprint density at radius 3 is 1.72 bits per heavy atom. The maximum absolute atomic E-state index is 12.2. The Bertz CT molecular complexity index is 819. The first-order valence-corrected chi connectivity index (χ1v) is 19.7. The first kappa shape index (κ1) is 43.1. The third-order valence-electron chi connectivity index (χ3n) is 8.86. The summed E-state index contributed by atoms with van der Waals surface area (Å²) < 4.78 is 16.3. The van der Waals surface area contributed by atoms with E-state index in [2.05, 4.69) is 50.3 Å². The van der Waals surface area contributed by atoms with Crippen LogP contribution in [0.25, 0.3) is 0 Å². The van der Waals surface area contributed by atoms with Crippen molar-refractivity contribution in [2.75, 3.05) is 13.2 Å². The van der Waals surface area contributed by atoms with E-state index in [-0.39, 0.29) is 37.4 Å². The second-order valence-electron chi connectivity index (χ2n) is 13.4. The largest absolute Gasteiger partial charge is 0.462 e. The highest BCUT2D eigenvalue weighted by Gasteiger charge is 2.36. The Morgan fingerprint density at radius 1 is 0.617 bits per heavy atom. The number of unbranched alkanes of at least 4 members (excludes halogenated alkanes) is 17. The summed E-state index contributed by atoms with van der Waals surface area (Å²) in [6.07, 6.45) is 42.2. The Balaban J connectivity index is 1.94. The molecule has 3 atom stereocenters. The highest BCUT2D eigenvalue weighted by atomic mass is 16.6. The number of ether oxygens (including phenoxy) is 3. The van der Waals surface area contributed by atoms with Crippen molar-refractivity contribution in [2.45, 2.75) is 199 Å². The van der Waals surface area contributed by atoms with Gasteiger partial charge in [-0.3, -0.25) is 9.59 Å². The number of hydrogen-bond donors (Lipinski definition) is 1. The maximum Gasteiger partial charge on any atom is 0.306 e. The number of carbonyl (C=O) groups is 2. The highest BCUT2D eigenvalue weighted by Crippen LogP contribution is 2.30. The van der Waals surface area contributed by atoms with E-state index in [0.29, 0.717) is 19.3 Å². The fourth-order valence-electron chi connectivity index (χ4n) is 5.76. The van der Waals surface area contributed by atoms with Crippen molar-refractivity contribution in [3.05, 3.63) is 36.5 Å². The molecule has 1 heterocycles. The zero-order valence-corrected chi connectivity index (χ0v) is 30.5. The topological polar surface area (TPSA) is 85.4 Å². The first-order chi connectivity index (χ1) is 23.1. The van der Waals surface area contributed by atoms with Crippen molar-refractivity contribution >= 4 is 11.9 Å². The molecule has 272 valence electrons. The van der Waals surface area contributed by atoms with E-state index in [1.165, 1.54) is 103 Å². The van der Waals surface area contributed by atoms with Crippen LogP contribution in [0.5, 0.6) is 0 Å². The summed E-state index contributed by atoms with van der Waals surface area (Å²) in [5.41, 5.74) is 0. The summed E-state index contributed by atoms with van der Waals surface area (Å²) >= 11 is 0. The minimum atomic E-state index is -0.799. The van der Waals surface area contributed by atoms with Gasteiger partial charge in [0.2, 0.25) is 0 Å². The van der Waals surface area contributed by atoms with E-state index in [4.69, 9.17) is 14.2 Å². The van der Waals surface area contributed by atoms with Gasteiger partial charge in [0.1, 0.15) is 6.61 Å². The average Bonchev–Trinajstić information content (AvgIpc) is 3.83. The molecule has 1 N–H and O–H groups in total. The van der Waals surface area contributed by atoms with E-state index >= 15 is 0 Å². The van der Waals surface area contributed by atoms with Crippen LogP contribution in [0.3, 0.4) is 0 Å². The predicted molar refractivity (Wildman–Crippen MR) is 195 cm³/mol. The van der Waals surface area contributed by atoms with Gasteiger partial charge in [0.15, 0.2) is 6.10 Å².